The van der Waals surface area contributed by atoms with Crippen LogP contribution in [0.1, 0.15) is 55.7 Å². The number of rotatable bonds is 9. The highest BCUT2D eigenvalue weighted by Crippen LogP contribution is 2.40. The average molecular weight is 481 g/mol. The maximum Gasteiger partial charge on any atom is 0.319 e. The fourth-order valence-electron chi connectivity index (χ4n) is 4.48. The Labute approximate surface area is 206 Å². The first kappa shape index (κ1) is 24.4. The number of urea groups is 1. The minimum absolute atomic E-state index is 0.0501. The van der Waals surface area contributed by atoms with Crippen molar-refractivity contribution >= 4 is 23.1 Å². The number of anilines is 1. The predicted octanol–water partition coefficient (Wildman–Crippen LogP) is 6.22. The van der Waals surface area contributed by atoms with Crippen molar-refractivity contribution < 1.29 is 9.53 Å². The van der Waals surface area contributed by atoms with Crippen LogP contribution in [-0.4, -0.2) is 35.7 Å². The minimum atomic E-state index is -0.177. The van der Waals surface area contributed by atoms with Gasteiger partial charge >= 0.3 is 6.03 Å². The van der Waals surface area contributed by atoms with E-state index in [1.807, 2.05) is 42.5 Å². The normalized spacial score (nSPS) is 14.6. The minimum Gasteiger partial charge on any atom is -0.494 e. The van der Waals surface area contributed by atoms with E-state index in [2.05, 4.69) is 65.5 Å². The van der Waals surface area contributed by atoms with E-state index in [-0.39, 0.29) is 12.1 Å². The highest BCUT2D eigenvalue weighted by Gasteiger charge is 2.29. The third kappa shape index (κ3) is 5.83. The van der Waals surface area contributed by atoms with Crippen LogP contribution in [0.4, 0.5) is 10.5 Å². The van der Waals surface area contributed by atoms with Crippen LogP contribution in [-0.2, 0) is 13.0 Å². The standard InChI is InChI=1S/C27H36N4O2S/c1-5-33-21-11-9-20(10-12-21)28-27(32)29-23(13-8-19(2)3)25-22-14-17-30(4)18-24(22)34-26(25)31-15-6-7-16-31/h6-7,9-12,15-16,19,23H,5,8,13-14,17-18H2,1-4H3,(H2,28,29,32)/t23-/m1/s1. The fraction of sp³-hybridized carbons (Fsp3) is 0.444. The first-order valence-corrected chi connectivity index (χ1v) is 13.0. The van der Waals surface area contributed by atoms with Crippen LogP contribution in [0.2, 0.25) is 0 Å². The lowest BCUT2D eigenvalue weighted by atomic mass is 9.92. The van der Waals surface area contributed by atoms with Gasteiger partial charge < -0.3 is 24.8 Å². The van der Waals surface area contributed by atoms with E-state index in [1.165, 1.54) is 21.0 Å². The number of aromatic nitrogens is 1. The predicted molar refractivity (Wildman–Crippen MR) is 140 cm³/mol. The second kappa shape index (κ2) is 11.1. The Hall–Kier alpha value is -2.77. The van der Waals surface area contributed by atoms with Gasteiger partial charge in [0.05, 0.1) is 12.6 Å². The topological polar surface area (TPSA) is 58.5 Å². The average Bonchev–Trinajstić information content (AvgIpc) is 3.45. The Morgan fingerprint density at radius 1 is 1.15 bits per heavy atom. The smallest absolute Gasteiger partial charge is 0.319 e. The molecule has 0 saturated heterocycles. The molecule has 0 bridgehead atoms. The molecule has 0 fully saturated rings. The lowest BCUT2D eigenvalue weighted by Gasteiger charge is -2.26. The number of thiophene rings is 1. The second-order valence-corrected chi connectivity index (χ2v) is 10.5. The summed E-state index contributed by atoms with van der Waals surface area (Å²) in [7, 11) is 2.18. The Kier molecular flexibility index (Phi) is 7.95. The SMILES string of the molecule is CCOc1ccc(NC(=O)N[C@H](CCC(C)C)c2c(-n3cccc3)sc3c2CCN(C)C3)cc1. The molecule has 0 aliphatic carbocycles. The van der Waals surface area contributed by atoms with Gasteiger partial charge in [0.15, 0.2) is 0 Å². The number of benzene rings is 1. The molecule has 0 unspecified atom stereocenters. The highest BCUT2D eigenvalue weighted by atomic mass is 32.1. The molecule has 2 amide bonds. The van der Waals surface area contributed by atoms with Crippen molar-refractivity contribution in [1.29, 1.82) is 0 Å². The zero-order valence-electron chi connectivity index (χ0n) is 20.6. The number of carbonyl (C=O) groups is 1. The fourth-order valence-corrected chi connectivity index (χ4v) is 5.93. The number of carbonyl (C=O) groups excluding carboxylic acids is 1. The third-order valence-electron chi connectivity index (χ3n) is 6.22. The van der Waals surface area contributed by atoms with Crippen molar-refractivity contribution in [2.24, 2.45) is 5.92 Å². The van der Waals surface area contributed by atoms with Crippen LogP contribution in [0.15, 0.2) is 48.8 Å². The molecule has 34 heavy (non-hydrogen) atoms. The summed E-state index contributed by atoms with van der Waals surface area (Å²) >= 11 is 1.86. The van der Waals surface area contributed by atoms with Gasteiger partial charge in [-0.1, -0.05) is 13.8 Å². The van der Waals surface area contributed by atoms with E-state index in [1.54, 1.807) is 0 Å². The van der Waals surface area contributed by atoms with Crippen molar-refractivity contribution in [3.05, 3.63) is 64.8 Å². The molecular weight excluding hydrogens is 444 g/mol. The summed E-state index contributed by atoms with van der Waals surface area (Å²) < 4.78 is 7.71. The van der Waals surface area contributed by atoms with Crippen LogP contribution in [0.25, 0.3) is 5.00 Å². The van der Waals surface area contributed by atoms with Crippen LogP contribution < -0.4 is 15.4 Å². The summed E-state index contributed by atoms with van der Waals surface area (Å²) in [5, 5.41) is 7.56. The van der Waals surface area contributed by atoms with Crippen LogP contribution in [0.3, 0.4) is 0 Å². The van der Waals surface area contributed by atoms with Crippen molar-refractivity contribution in [3.8, 4) is 10.8 Å². The zero-order valence-corrected chi connectivity index (χ0v) is 21.5. The van der Waals surface area contributed by atoms with Gasteiger partial charge in [0, 0.05) is 41.6 Å². The first-order valence-electron chi connectivity index (χ1n) is 12.2. The maximum atomic E-state index is 13.1. The van der Waals surface area contributed by atoms with Gasteiger partial charge in [-0.15, -0.1) is 11.3 Å². The van der Waals surface area contributed by atoms with Crippen LogP contribution >= 0.6 is 11.3 Å². The third-order valence-corrected chi connectivity index (χ3v) is 7.46. The van der Waals surface area contributed by atoms with E-state index in [0.29, 0.717) is 12.5 Å². The number of nitrogens with one attached hydrogen (secondary N) is 2. The Morgan fingerprint density at radius 3 is 2.56 bits per heavy atom. The molecule has 1 aromatic carbocycles. The molecule has 4 rings (SSSR count). The van der Waals surface area contributed by atoms with E-state index in [0.717, 1.165) is 43.8 Å². The Morgan fingerprint density at radius 2 is 1.88 bits per heavy atom. The number of fused-ring (bicyclic) bond motifs is 1. The Balaban J connectivity index is 1.61. The van der Waals surface area contributed by atoms with E-state index in [9.17, 15) is 4.79 Å². The second-order valence-electron chi connectivity index (χ2n) is 9.38. The molecule has 3 heterocycles. The number of ether oxygens (including phenoxy) is 1. The number of likely N-dealkylation sites (N-methyl/N-ethyl adjacent to an activating group) is 1. The zero-order chi connectivity index (χ0) is 24.1. The molecule has 182 valence electrons. The van der Waals surface area contributed by atoms with Gasteiger partial charge in [-0.05, 0) is 81.1 Å². The molecule has 7 heteroatoms. The van der Waals surface area contributed by atoms with Crippen molar-refractivity contribution in [3.63, 3.8) is 0 Å². The number of hydrogen-bond donors (Lipinski definition) is 2. The van der Waals surface area contributed by atoms with Gasteiger partial charge in [0.25, 0.3) is 0 Å². The van der Waals surface area contributed by atoms with Crippen LogP contribution in [0, 0.1) is 5.92 Å². The summed E-state index contributed by atoms with van der Waals surface area (Å²) in [4.78, 5) is 16.9. The highest BCUT2D eigenvalue weighted by molar-refractivity contribution is 7.15. The molecule has 0 saturated carbocycles. The van der Waals surface area contributed by atoms with Gasteiger partial charge in [-0.25, -0.2) is 4.79 Å². The maximum absolute atomic E-state index is 13.1. The van der Waals surface area contributed by atoms with Gasteiger partial charge in [-0.3, -0.25) is 0 Å². The lowest BCUT2D eigenvalue weighted by molar-refractivity contribution is 0.247. The van der Waals surface area contributed by atoms with Gasteiger partial charge in [0.2, 0.25) is 0 Å². The molecule has 0 spiro atoms. The summed E-state index contributed by atoms with van der Waals surface area (Å²) in [5.74, 6) is 1.36. The van der Waals surface area contributed by atoms with E-state index < -0.39 is 0 Å². The van der Waals surface area contributed by atoms with Crippen molar-refractivity contribution in [2.75, 3.05) is 25.5 Å². The summed E-state index contributed by atoms with van der Waals surface area (Å²) in [6.45, 7) is 9.06. The largest absolute Gasteiger partial charge is 0.494 e. The van der Waals surface area contributed by atoms with Gasteiger partial charge in [0.1, 0.15) is 10.8 Å². The monoisotopic (exact) mass is 480 g/mol. The molecule has 6 nitrogen and oxygen atoms in total. The number of hydrogen-bond acceptors (Lipinski definition) is 4. The van der Waals surface area contributed by atoms with Crippen molar-refractivity contribution in [2.45, 2.75) is 52.6 Å². The summed E-state index contributed by atoms with van der Waals surface area (Å²) in [5.41, 5.74) is 3.46. The summed E-state index contributed by atoms with van der Waals surface area (Å²) in [6.07, 6.45) is 7.17. The molecule has 1 atom stereocenters. The first-order chi connectivity index (χ1) is 16.4. The van der Waals surface area contributed by atoms with Crippen molar-refractivity contribution in [1.82, 2.24) is 14.8 Å². The molecule has 0 radical (unpaired) electrons. The number of nitrogens with zero attached hydrogens (tertiary/aromatic N) is 2. The molecule has 1 aliphatic heterocycles. The van der Waals surface area contributed by atoms with Crippen LogP contribution in [0.5, 0.6) is 5.75 Å². The quantitative estimate of drug-likeness (QED) is 0.382. The molecule has 1 aliphatic rings. The molecular formula is C27H36N4O2S. The Bertz CT molecular complexity index is 1070. The molecule has 3 aromatic rings. The van der Waals surface area contributed by atoms with E-state index in [4.69, 9.17) is 4.74 Å². The summed E-state index contributed by atoms with van der Waals surface area (Å²) in [6, 6.07) is 11.4. The molecule has 2 aromatic heterocycles. The lowest BCUT2D eigenvalue weighted by Crippen LogP contribution is -2.34. The van der Waals surface area contributed by atoms with E-state index >= 15 is 0 Å². The van der Waals surface area contributed by atoms with Gasteiger partial charge in [-0.2, -0.15) is 0 Å². The number of amides is 2. The molecule has 2 N–H and O–H groups in total.